The molecule has 6 nitrogen and oxygen atoms in total. The first-order chi connectivity index (χ1) is 11.0. The third-order valence-corrected chi connectivity index (χ3v) is 5.57. The molecule has 0 radical (unpaired) electrons. The molecule has 0 saturated heterocycles. The molecular weight excluding hydrogens is 298 g/mol. The molecule has 0 aromatic carbocycles. The smallest absolute Gasteiger partial charge is 0.413 e. The average molecular weight is 323 g/mol. The van der Waals surface area contributed by atoms with Gasteiger partial charge in [-0.05, 0) is 68.6 Å². The van der Waals surface area contributed by atoms with Crippen molar-refractivity contribution >= 4 is 18.0 Å². The molecule has 0 aliphatic heterocycles. The topological polar surface area (TPSA) is 81.7 Å². The zero-order valence-electron chi connectivity index (χ0n) is 13.6. The van der Waals surface area contributed by atoms with E-state index in [0.717, 1.165) is 37.0 Å². The van der Waals surface area contributed by atoms with Gasteiger partial charge in [-0.25, -0.2) is 4.79 Å². The number of hydrogen-bond donors (Lipinski definition) is 1. The maximum absolute atomic E-state index is 12.1. The minimum Gasteiger partial charge on any atom is -0.456 e. The SMILES string of the molecule is CCOC(=O)NC(=O)COC(=O)CC12CC3CC(CC(C3)C1)C2. The van der Waals surface area contributed by atoms with Gasteiger partial charge in [-0.15, -0.1) is 0 Å². The van der Waals surface area contributed by atoms with Crippen molar-refractivity contribution in [3.8, 4) is 0 Å². The van der Waals surface area contributed by atoms with Gasteiger partial charge in [0.15, 0.2) is 6.61 Å². The Morgan fingerprint density at radius 3 is 2.09 bits per heavy atom. The maximum atomic E-state index is 12.1. The third-order valence-electron chi connectivity index (χ3n) is 5.57. The van der Waals surface area contributed by atoms with Gasteiger partial charge in [0, 0.05) is 0 Å². The predicted octanol–water partition coefficient (Wildman–Crippen LogP) is 2.41. The van der Waals surface area contributed by atoms with E-state index in [1.807, 2.05) is 5.32 Å². The van der Waals surface area contributed by atoms with Gasteiger partial charge in [0.25, 0.3) is 5.91 Å². The highest BCUT2D eigenvalue weighted by molar-refractivity contribution is 5.93. The Hall–Kier alpha value is -1.59. The quantitative estimate of drug-likeness (QED) is 0.786. The molecule has 0 atom stereocenters. The molecule has 4 rings (SSSR count). The van der Waals surface area contributed by atoms with E-state index in [4.69, 9.17) is 4.74 Å². The first kappa shape index (κ1) is 16.3. The Balaban J connectivity index is 1.45. The van der Waals surface area contributed by atoms with Crippen molar-refractivity contribution < 1.29 is 23.9 Å². The van der Waals surface area contributed by atoms with Crippen LogP contribution in [-0.4, -0.2) is 31.2 Å². The zero-order valence-corrected chi connectivity index (χ0v) is 13.6. The van der Waals surface area contributed by atoms with E-state index in [2.05, 4.69) is 4.74 Å². The second-order valence-corrected chi connectivity index (χ2v) is 7.52. The van der Waals surface area contributed by atoms with E-state index < -0.39 is 18.6 Å². The molecule has 4 saturated carbocycles. The molecule has 0 unspecified atom stereocenters. The summed E-state index contributed by atoms with van der Waals surface area (Å²) in [6.07, 6.45) is 6.97. The molecule has 0 spiro atoms. The van der Waals surface area contributed by atoms with Crippen LogP contribution in [0.5, 0.6) is 0 Å². The highest BCUT2D eigenvalue weighted by Crippen LogP contribution is 2.61. The predicted molar refractivity (Wildman–Crippen MR) is 81.3 cm³/mol. The fourth-order valence-corrected chi connectivity index (χ4v) is 5.33. The number of esters is 1. The Labute approximate surface area is 136 Å². The molecule has 6 heteroatoms. The Morgan fingerprint density at radius 1 is 1.00 bits per heavy atom. The van der Waals surface area contributed by atoms with Crippen LogP contribution in [0.25, 0.3) is 0 Å². The van der Waals surface area contributed by atoms with Gasteiger partial charge in [0.1, 0.15) is 0 Å². The van der Waals surface area contributed by atoms with Crippen molar-refractivity contribution in [2.75, 3.05) is 13.2 Å². The van der Waals surface area contributed by atoms with Crippen molar-refractivity contribution in [2.45, 2.75) is 51.9 Å². The highest BCUT2D eigenvalue weighted by Gasteiger charge is 2.51. The number of carbonyl (C=O) groups excluding carboxylic acids is 3. The summed E-state index contributed by atoms with van der Waals surface area (Å²) >= 11 is 0. The molecule has 0 aromatic heterocycles. The van der Waals surface area contributed by atoms with E-state index in [-0.39, 0.29) is 18.0 Å². The van der Waals surface area contributed by atoms with Crippen molar-refractivity contribution in [1.29, 1.82) is 0 Å². The third kappa shape index (κ3) is 3.85. The molecule has 1 N–H and O–H groups in total. The number of rotatable bonds is 5. The number of amides is 2. The molecule has 0 aromatic rings. The number of ether oxygens (including phenoxy) is 2. The van der Waals surface area contributed by atoms with Crippen LogP contribution < -0.4 is 5.32 Å². The van der Waals surface area contributed by atoms with Crippen LogP contribution in [0.15, 0.2) is 0 Å². The first-order valence-corrected chi connectivity index (χ1v) is 8.60. The number of hydrogen-bond acceptors (Lipinski definition) is 5. The van der Waals surface area contributed by atoms with Crippen LogP contribution in [0.1, 0.15) is 51.9 Å². The fourth-order valence-electron chi connectivity index (χ4n) is 5.33. The van der Waals surface area contributed by atoms with E-state index in [9.17, 15) is 14.4 Å². The maximum Gasteiger partial charge on any atom is 0.413 e. The first-order valence-electron chi connectivity index (χ1n) is 8.60. The summed E-state index contributed by atoms with van der Waals surface area (Å²) in [6, 6.07) is 0. The average Bonchev–Trinajstić information content (AvgIpc) is 2.43. The fraction of sp³-hybridized carbons (Fsp3) is 0.824. The van der Waals surface area contributed by atoms with Crippen molar-refractivity contribution in [3.63, 3.8) is 0 Å². The van der Waals surface area contributed by atoms with E-state index in [1.54, 1.807) is 6.92 Å². The number of nitrogens with one attached hydrogen (secondary N) is 1. The largest absolute Gasteiger partial charge is 0.456 e. The van der Waals surface area contributed by atoms with E-state index in [1.165, 1.54) is 19.3 Å². The summed E-state index contributed by atoms with van der Waals surface area (Å²) in [7, 11) is 0. The minimum atomic E-state index is -0.811. The molecule has 4 bridgehead atoms. The van der Waals surface area contributed by atoms with Crippen molar-refractivity contribution in [2.24, 2.45) is 23.2 Å². The van der Waals surface area contributed by atoms with Gasteiger partial charge in [-0.3, -0.25) is 14.9 Å². The Kier molecular flexibility index (Phi) is 4.60. The number of carbonyl (C=O) groups is 3. The molecular formula is C17H25NO5. The van der Waals surface area contributed by atoms with Gasteiger partial charge >= 0.3 is 12.1 Å². The summed E-state index contributed by atoms with van der Waals surface area (Å²) in [6.45, 7) is 1.41. The summed E-state index contributed by atoms with van der Waals surface area (Å²) in [4.78, 5) is 34.7. The Bertz CT molecular complexity index is 466. The van der Waals surface area contributed by atoms with Crippen molar-refractivity contribution in [3.05, 3.63) is 0 Å². The second kappa shape index (κ2) is 6.49. The van der Waals surface area contributed by atoms with Gasteiger partial charge in [0.05, 0.1) is 13.0 Å². The van der Waals surface area contributed by atoms with Crippen LogP contribution in [0.2, 0.25) is 0 Å². The lowest BCUT2D eigenvalue weighted by Crippen LogP contribution is -2.47. The standard InChI is InChI=1S/C17H25NO5/c1-2-22-16(21)18-14(19)10-23-15(20)9-17-6-11-3-12(7-17)5-13(4-11)8-17/h11-13H,2-10H2,1H3,(H,18,19,21). The van der Waals surface area contributed by atoms with Crippen LogP contribution in [0.4, 0.5) is 4.79 Å². The zero-order chi connectivity index (χ0) is 16.4. The van der Waals surface area contributed by atoms with Crippen LogP contribution in [0.3, 0.4) is 0 Å². The van der Waals surface area contributed by atoms with Crippen molar-refractivity contribution in [1.82, 2.24) is 5.32 Å². The van der Waals surface area contributed by atoms with Crippen LogP contribution >= 0.6 is 0 Å². The lowest BCUT2D eigenvalue weighted by Gasteiger charge is -2.56. The van der Waals surface area contributed by atoms with E-state index >= 15 is 0 Å². The number of imide groups is 1. The van der Waals surface area contributed by atoms with Gasteiger partial charge < -0.3 is 9.47 Å². The molecule has 4 fully saturated rings. The van der Waals surface area contributed by atoms with E-state index in [0.29, 0.717) is 6.42 Å². The molecule has 128 valence electrons. The summed E-state index contributed by atoms with van der Waals surface area (Å²) in [5, 5.41) is 2.02. The summed E-state index contributed by atoms with van der Waals surface area (Å²) < 4.78 is 9.66. The van der Waals surface area contributed by atoms with Gasteiger partial charge in [-0.2, -0.15) is 0 Å². The molecule has 4 aliphatic rings. The molecule has 2 amide bonds. The highest BCUT2D eigenvalue weighted by atomic mass is 16.6. The van der Waals surface area contributed by atoms with Gasteiger partial charge in [0.2, 0.25) is 0 Å². The molecule has 23 heavy (non-hydrogen) atoms. The van der Waals surface area contributed by atoms with Gasteiger partial charge in [-0.1, -0.05) is 0 Å². The lowest BCUT2D eigenvalue weighted by atomic mass is 9.49. The van der Waals surface area contributed by atoms with Crippen LogP contribution in [0, 0.1) is 23.2 Å². The molecule has 4 aliphatic carbocycles. The summed E-state index contributed by atoms with van der Waals surface area (Å²) in [5.41, 5.74) is 0.101. The molecule has 0 heterocycles. The number of alkyl carbamates (subject to hydrolysis) is 1. The second-order valence-electron chi connectivity index (χ2n) is 7.52. The minimum absolute atomic E-state index is 0.101. The Morgan fingerprint density at radius 2 is 1.57 bits per heavy atom. The summed E-state index contributed by atoms with van der Waals surface area (Å²) in [5.74, 6) is 1.36. The monoisotopic (exact) mass is 323 g/mol. The lowest BCUT2D eigenvalue weighted by molar-refractivity contribution is -0.155. The van der Waals surface area contributed by atoms with Crippen LogP contribution in [-0.2, 0) is 19.1 Å². The normalized spacial score (nSPS) is 34.0.